The van der Waals surface area contributed by atoms with Gasteiger partial charge in [0, 0.05) is 16.7 Å². The molecule has 2 N–H and O–H groups in total. The zero-order valence-electron chi connectivity index (χ0n) is 16.1. The number of carbonyl (C=O) groups excluding carboxylic acids is 2. The number of ether oxygens (including phenoxy) is 2. The average Bonchev–Trinajstić information content (AvgIpc) is 3.23. The fourth-order valence-corrected chi connectivity index (χ4v) is 3.48. The molecule has 0 saturated carbocycles. The van der Waals surface area contributed by atoms with Crippen LogP contribution in [0.15, 0.2) is 53.0 Å². The maximum Gasteiger partial charge on any atom is 0.286 e. The summed E-state index contributed by atoms with van der Waals surface area (Å²) in [5.74, 6) is 0.0895. The van der Waals surface area contributed by atoms with E-state index in [-0.39, 0.29) is 30.0 Å². The number of nitrogens with zero attached hydrogens (tertiary/aromatic N) is 2. The van der Waals surface area contributed by atoms with Gasteiger partial charge in [0.2, 0.25) is 10.9 Å². The van der Waals surface area contributed by atoms with Crippen molar-refractivity contribution in [1.82, 2.24) is 15.5 Å². The molecule has 0 aliphatic carbocycles. The number of hydrogen-bond acceptors (Lipinski definition) is 7. The summed E-state index contributed by atoms with van der Waals surface area (Å²) in [6, 6.07) is 14.6. The normalized spacial score (nSPS) is 10.5. The molecule has 156 valence electrons. The lowest BCUT2D eigenvalue weighted by atomic mass is 10.2. The Balaban J connectivity index is 1.42. The Morgan fingerprint density at radius 1 is 1.10 bits per heavy atom. The van der Waals surface area contributed by atoms with E-state index >= 15 is 0 Å². The van der Waals surface area contributed by atoms with Crippen LogP contribution in [0.4, 0.5) is 5.69 Å². The van der Waals surface area contributed by atoms with E-state index in [9.17, 15) is 9.59 Å². The van der Waals surface area contributed by atoms with Gasteiger partial charge in [-0.15, -0.1) is 10.2 Å². The van der Waals surface area contributed by atoms with E-state index in [0.717, 1.165) is 21.4 Å². The quantitative estimate of drug-likeness (QED) is 0.476. The molecule has 0 fully saturated rings. The van der Waals surface area contributed by atoms with Crippen LogP contribution in [0.25, 0.3) is 0 Å². The van der Waals surface area contributed by atoms with Crippen LogP contribution in [0.1, 0.15) is 20.4 Å². The zero-order valence-corrected chi connectivity index (χ0v) is 18.5. The molecular weight excluding hydrogens is 472 g/mol. The van der Waals surface area contributed by atoms with Gasteiger partial charge in [0.05, 0.1) is 7.11 Å². The summed E-state index contributed by atoms with van der Waals surface area (Å²) in [5.41, 5.74) is 1.60. The van der Waals surface area contributed by atoms with Gasteiger partial charge in [0.15, 0.2) is 0 Å². The van der Waals surface area contributed by atoms with Crippen LogP contribution in [0, 0.1) is 0 Å². The van der Waals surface area contributed by atoms with Crippen molar-refractivity contribution in [2.24, 2.45) is 0 Å². The lowest BCUT2D eigenvalue weighted by molar-refractivity contribution is -0.126. The standard InChI is InChI=1S/C20H19BrN4O4S/c1-28-15-8-6-14(7-9-15)23-19(27)20-25-24-18(30-20)12-29-11-17(26)22-10-13-4-2-3-5-16(13)21/h2-9H,10-12H2,1H3,(H,22,26)(H,23,27). The Hall–Kier alpha value is -2.82. The van der Waals surface area contributed by atoms with Gasteiger partial charge in [-0.05, 0) is 35.9 Å². The highest BCUT2D eigenvalue weighted by Gasteiger charge is 2.14. The smallest absolute Gasteiger partial charge is 0.286 e. The Bertz CT molecular complexity index is 1010. The Labute approximate surface area is 185 Å². The van der Waals surface area contributed by atoms with Crippen LogP contribution >= 0.6 is 27.3 Å². The second-order valence-corrected chi connectivity index (χ2v) is 7.96. The van der Waals surface area contributed by atoms with E-state index in [2.05, 4.69) is 36.8 Å². The minimum absolute atomic E-state index is 0.0932. The lowest BCUT2D eigenvalue weighted by Crippen LogP contribution is -2.27. The molecule has 2 aromatic carbocycles. The summed E-state index contributed by atoms with van der Waals surface area (Å²) < 4.78 is 11.4. The first kappa shape index (κ1) is 21.9. The Kier molecular flexibility index (Phi) is 7.89. The van der Waals surface area contributed by atoms with Crippen molar-refractivity contribution >= 4 is 44.8 Å². The summed E-state index contributed by atoms with van der Waals surface area (Å²) in [5, 5.41) is 14.1. The van der Waals surface area contributed by atoms with Gasteiger partial charge in [0.1, 0.15) is 24.0 Å². The largest absolute Gasteiger partial charge is 0.497 e. The number of nitrogens with one attached hydrogen (secondary N) is 2. The summed E-state index contributed by atoms with van der Waals surface area (Å²) in [6.07, 6.45) is 0. The van der Waals surface area contributed by atoms with E-state index in [1.165, 1.54) is 0 Å². The van der Waals surface area contributed by atoms with Gasteiger partial charge in [-0.1, -0.05) is 45.5 Å². The fourth-order valence-electron chi connectivity index (χ4n) is 2.38. The maximum atomic E-state index is 12.3. The van der Waals surface area contributed by atoms with Gasteiger partial charge in [-0.2, -0.15) is 0 Å². The molecule has 0 radical (unpaired) electrons. The maximum absolute atomic E-state index is 12.3. The van der Waals surface area contributed by atoms with Crippen LogP contribution < -0.4 is 15.4 Å². The number of amides is 2. The van der Waals surface area contributed by atoms with Crippen LogP contribution in [-0.2, 0) is 22.7 Å². The SMILES string of the molecule is COc1ccc(NC(=O)c2nnc(COCC(=O)NCc3ccccc3Br)s2)cc1. The van der Waals surface area contributed by atoms with Crippen molar-refractivity contribution < 1.29 is 19.1 Å². The molecule has 0 aliphatic heterocycles. The molecule has 0 unspecified atom stereocenters. The third-order valence-electron chi connectivity index (χ3n) is 3.90. The molecule has 0 bridgehead atoms. The number of hydrogen-bond donors (Lipinski definition) is 2. The van der Waals surface area contributed by atoms with Crippen molar-refractivity contribution in [3.8, 4) is 5.75 Å². The van der Waals surface area contributed by atoms with E-state index in [0.29, 0.717) is 23.0 Å². The van der Waals surface area contributed by atoms with Crippen LogP contribution in [0.2, 0.25) is 0 Å². The minimum atomic E-state index is -0.366. The number of methoxy groups -OCH3 is 1. The summed E-state index contributed by atoms with van der Waals surface area (Å²) >= 11 is 4.55. The number of benzene rings is 2. The van der Waals surface area contributed by atoms with E-state index in [1.807, 2.05) is 24.3 Å². The molecule has 1 aromatic heterocycles. The third kappa shape index (κ3) is 6.34. The highest BCUT2D eigenvalue weighted by atomic mass is 79.9. The summed E-state index contributed by atoms with van der Waals surface area (Å²) in [4.78, 5) is 24.2. The first-order valence-corrected chi connectivity index (χ1v) is 10.5. The molecule has 3 rings (SSSR count). The van der Waals surface area contributed by atoms with Crippen LogP contribution in [0.5, 0.6) is 5.75 Å². The number of anilines is 1. The van der Waals surface area contributed by atoms with Crippen molar-refractivity contribution in [2.45, 2.75) is 13.2 Å². The lowest BCUT2D eigenvalue weighted by Gasteiger charge is -2.07. The Morgan fingerprint density at radius 3 is 2.60 bits per heavy atom. The van der Waals surface area contributed by atoms with Crippen molar-refractivity contribution in [2.75, 3.05) is 19.0 Å². The van der Waals surface area contributed by atoms with E-state index in [4.69, 9.17) is 9.47 Å². The molecule has 0 spiro atoms. The molecule has 0 saturated heterocycles. The number of aromatic nitrogens is 2. The second-order valence-electron chi connectivity index (χ2n) is 6.04. The monoisotopic (exact) mass is 490 g/mol. The van der Waals surface area contributed by atoms with Gasteiger partial charge in [-0.3, -0.25) is 9.59 Å². The molecule has 0 atom stereocenters. The zero-order chi connectivity index (χ0) is 21.3. The van der Waals surface area contributed by atoms with E-state index in [1.54, 1.807) is 31.4 Å². The topological polar surface area (TPSA) is 102 Å². The predicted molar refractivity (Wildman–Crippen MR) is 117 cm³/mol. The highest BCUT2D eigenvalue weighted by molar-refractivity contribution is 9.10. The van der Waals surface area contributed by atoms with Crippen LogP contribution in [-0.4, -0.2) is 35.7 Å². The summed E-state index contributed by atoms with van der Waals surface area (Å²) in [7, 11) is 1.57. The minimum Gasteiger partial charge on any atom is -0.497 e. The molecule has 8 nitrogen and oxygen atoms in total. The molecule has 0 aliphatic rings. The predicted octanol–water partition coefficient (Wildman–Crippen LogP) is 3.39. The van der Waals surface area contributed by atoms with Crippen molar-refractivity contribution in [1.29, 1.82) is 0 Å². The van der Waals surface area contributed by atoms with Crippen molar-refractivity contribution in [3.05, 3.63) is 68.6 Å². The highest BCUT2D eigenvalue weighted by Crippen LogP contribution is 2.18. The first-order chi connectivity index (χ1) is 14.5. The number of rotatable bonds is 9. The van der Waals surface area contributed by atoms with Gasteiger partial charge in [0.25, 0.3) is 5.91 Å². The second kappa shape index (κ2) is 10.8. The van der Waals surface area contributed by atoms with Gasteiger partial charge >= 0.3 is 0 Å². The molecule has 2 amide bonds. The van der Waals surface area contributed by atoms with Gasteiger partial charge < -0.3 is 20.1 Å². The fraction of sp³-hybridized carbons (Fsp3) is 0.200. The van der Waals surface area contributed by atoms with E-state index < -0.39 is 0 Å². The van der Waals surface area contributed by atoms with Crippen molar-refractivity contribution in [3.63, 3.8) is 0 Å². The first-order valence-electron chi connectivity index (χ1n) is 8.91. The van der Waals surface area contributed by atoms with Crippen LogP contribution in [0.3, 0.4) is 0 Å². The molecule has 3 aromatic rings. The number of halogens is 1. The average molecular weight is 491 g/mol. The molecular formula is C20H19BrN4O4S. The molecule has 30 heavy (non-hydrogen) atoms. The van der Waals surface area contributed by atoms with Gasteiger partial charge in [-0.25, -0.2) is 0 Å². The third-order valence-corrected chi connectivity index (χ3v) is 5.57. The molecule has 1 heterocycles. The Morgan fingerprint density at radius 2 is 1.87 bits per heavy atom. The number of carbonyl (C=O) groups is 2. The molecule has 10 heteroatoms. The summed E-state index contributed by atoms with van der Waals surface area (Å²) in [6.45, 7) is 0.380.